The van der Waals surface area contributed by atoms with Crippen LogP contribution in [0.5, 0.6) is 0 Å². The molecule has 0 aromatic carbocycles. The van der Waals surface area contributed by atoms with Crippen LogP contribution in [0.4, 0.5) is 0 Å². The molecule has 0 spiro atoms. The van der Waals surface area contributed by atoms with Crippen molar-refractivity contribution in [1.29, 1.82) is 0 Å². The maximum absolute atomic E-state index is 9.77. The van der Waals surface area contributed by atoms with Gasteiger partial charge in [-0.25, -0.2) is 0 Å². The topological polar surface area (TPSA) is 32.8 Å². The van der Waals surface area contributed by atoms with E-state index < -0.39 is 5.79 Å². The Balaban J connectivity index is 2.78. The van der Waals surface area contributed by atoms with Crippen molar-refractivity contribution in [2.75, 3.05) is 0 Å². The van der Waals surface area contributed by atoms with Crippen LogP contribution in [0, 0.1) is 5.41 Å². The molecule has 1 aliphatic rings. The summed E-state index contributed by atoms with van der Waals surface area (Å²) in [6, 6.07) is 0. The summed E-state index contributed by atoms with van der Waals surface area (Å²) in [5.41, 5.74) is -0.540. The second kappa shape index (κ2) is 1.56. The van der Waals surface area contributed by atoms with Crippen LogP contribution in [0.3, 0.4) is 0 Å². The molecule has 1 saturated heterocycles. The molecule has 0 aliphatic carbocycles. The highest BCUT2D eigenvalue weighted by atomic mass is 16.8. The van der Waals surface area contributed by atoms with E-state index in [1.807, 2.05) is 34.6 Å². The Bertz CT molecular complexity index is 155. The fourth-order valence-corrected chi connectivity index (χ4v) is 1.40. The number of ether oxygens (including phenoxy) is 1. The van der Waals surface area contributed by atoms with Gasteiger partial charge in [0, 0.05) is 5.41 Å². The van der Waals surface area contributed by atoms with Gasteiger partial charge < -0.3 is 9.84 Å². The molecule has 0 saturated carbocycles. The first kappa shape index (κ1) is 8.02. The van der Waals surface area contributed by atoms with Gasteiger partial charge in [0.2, 0.25) is 0 Å². The largest absolute Gasteiger partial charge is 0.363 e. The molecule has 2 heteroatoms. The summed E-state index contributed by atoms with van der Waals surface area (Å²) in [5.74, 6) is -0.917. The van der Waals surface area contributed by atoms with Gasteiger partial charge in [0.15, 0.2) is 5.79 Å². The van der Waals surface area contributed by atoms with E-state index >= 15 is 0 Å². The summed E-state index contributed by atoms with van der Waals surface area (Å²) in [6.07, 6.45) is 0. The highest BCUT2D eigenvalue weighted by Gasteiger charge is 2.69. The van der Waals surface area contributed by atoms with E-state index in [0.29, 0.717) is 0 Å². The molecule has 2 nitrogen and oxygen atoms in total. The lowest BCUT2D eigenvalue weighted by Gasteiger charge is -2.24. The molecule has 0 amide bonds. The van der Waals surface area contributed by atoms with Crippen LogP contribution in [0.1, 0.15) is 34.6 Å². The minimum atomic E-state index is -0.917. The Morgan fingerprint density at radius 1 is 1.20 bits per heavy atom. The Morgan fingerprint density at radius 3 is 1.50 bits per heavy atom. The average Bonchev–Trinajstić information content (AvgIpc) is 2.05. The second-order valence-electron chi connectivity index (χ2n) is 4.51. The van der Waals surface area contributed by atoms with Crippen LogP contribution in [0.15, 0.2) is 0 Å². The zero-order valence-electron chi connectivity index (χ0n) is 7.36. The summed E-state index contributed by atoms with van der Waals surface area (Å²) in [5, 5.41) is 9.77. The predicted octanol–water partition coefficient (Wildman–Crippen LogP) is 1.53. The van der Waals surface area contributed by atoms with Crippen LogP contribution in [-0.2, 0) is 4.74 Å². The van der Waals surface area contributed by atoms with Crippen molar-refractivity contribution in [3.8, 4) is 0 Å². The van der Waals surface area contributed by atoms with Gasteiger partial charge in [-0.05, 0) is 13.8 Å². The first-order chi connectivity index (χ1) is 4.21. The summed E-state index contributed by atoms with van der Waals surface area (Å²) >= 11 is 0. The van der Waals surface area contributed by atoms with Gasteiger partial charge in [0.25, 0.3) is 0 Å². The van der Waals surface area contributed by atoms with Gasteiger partial charge in [0.1, 0.15) is 5.60 Å². The van der Waals surface area contributed by atoms with Gasteiger partial charge in [-0.3, -0.25) is 0 Å². The minimum absolute atomic E-state index is 0.184. The van der Waals surface area contributed by atoms with Crippen molar-refractivity contribution < 1.29 is 9.84 Å². The fourth-order valence-electron chi connectivity index (χ4n) is 1.40. The van der Waals surface area contributed by atoms with Crippen LogP contribution in [0.25, 0.3) is 0 Å². The van der Waals surface area contributed by atoms with Gasteiger partial charge in [-0.1, -0.05) is 20.8 Å². The number of aliphatic hydroxyl groups is 1. The van der Waals surface area contributed by atoms with Gasteiger partial charge in [-0.2, -0.15) is 0 Å². The van der Waals surface area contributed by atoms with E-state index in [1.165, 1.54) is 0 Å². The molecule has 1 heterocycles. The molecule has 1 atom stereocenters. The van der Waals surface area contributed by atoms with Crippen molar-refractivity contribution in [2.24, 2.45) is 5.41 Å². The van der Waals surface area contributed by atoms with Gasteiger partial charge in [0.05, 0.1) is 0 Å². The molecular weight excluding hydrogens is 128 g/mol. The molecule has 0 bridgehead atoms. The second-order valence-corrected chi connectivity index (χ2v) is 4.51. The zero-order chi connectivity index (χ0) is 8.21. The van der Waals surface area contributed by atoms with Gasteiger partial charge in [-0.15, -0.1) is 0 Å². The first-order valence-electron chi connectivity index (χ1n) is 3.63. The SMILES string of the molecule is CC(C)(C)[C@@]1(O)OC1(C)C. The lowest BCUT2D eigenvalue weighted by Crippen LogP contribution is -2.35. The minimum Gasteiger partial charge on any atom is -0.363 e. The van der Waals surface area contributed by atoms with Crippen molar-refractivity contribution >= 4 is 0 Å². The van der Waals surface area contributed by atoms with E-state index in [4.69, 9.17) is 4.74 Å². The average molecular weight is 144 g/mol. The number of epoxide rings is 1. The van der Waals surface area contributed by atoms with Crippen molar-refractivity contribution in [2.45, 2.75) is 46.0 Å². The molecule has 1 fully saturated rings. The molecule has 1 rings (SSSR count). The highest BCUT2D eigenvalue weighted by molar-refractivity contribution is 5.08. The number of rotatable bonds is 0. The van der Waals surface area contributed by atoms with Crippen molar-refractivity contribution in [3.05, 3.63) is 0 Å². The summed E-state index contributed by atoms with van der Waals surface area (Å²) in [4.78, 5) is 0. The predicted molar refractivity (Wildman–Crippen MR) is 39.6 cm³/mol. The maximum atomic E-state index is 9.77. The molecule has 60 valence electrons. The van der Waals surface area contributed by atoms with Crippen molar-refractivity contribution in [1.82, 2.24) is 0 Å². The van der Waals surface area contributed by atoms with Crippen LogP contribution < -0.4 is 0 Å². The number of hydrogen-bond donors (Lipinski definition) is 1. The molecule has 0 unspecified atom stereocenters. The van der Waals surface area contributed by atoms with Crippen molar-refractivity contribution in [3.63, 3.8) is 0 Å². The molecular formula is C8H16O2. The third kappa shape index (κ3) is 0.789. The van der Waals surface area contributed by atoms with Crippen LogP contribution >= 0.6 is 0 Å². The first-order valence-corrected chi connectivity index (χ1v) is 3.63. The van der Waals surface area contributed by atoms with Gasteiger partial charge >= 0.3 is 0 Å². The monoisotopic (exact) mass is 144 g/mol. The highest BCUT2D eigenvalue weighted by Crippen LogP contribution is 2.55. The van der Waals surface area contributed by atoms with E-state index in [-0.39, 0.29) is 11.0 Å². The Hall–Kier alpha value is -0.0800. The molecule has 10 heavy (non-hydrogen) atoms. The molecule has 0 aromatic rings. The lowest BCUT2D eigenvalue weighted by atomic mass is 9.83. The van der Waals surface area contributed by atoms with E-state index in [2.05, 4.69) is 0 Å². The van der Waals surface area contributed by atoms with E-state index in [9.17, 15) is 5.11 Å². The van der Waals surface area contributed by atoms with E-state index in [1.54, 1.807) is 0 Å². The third-order valence-corrected chi connectivity index (χ3v) is 2.19. The lowest BCUT2D eigenvalue weighted by molar-refractivity contribution is -0.0548. The normalized spacial score (nSPS) is 37.8. The van der Waals surface area contributed by atoms with Crippen LogP contribution in [0.2, 0.25) is 0 Å². The maximum Gasteiger partial charge on any atom is 0.200 e. The summed E-state index contributed by atoms with van der Waals surface area (Å²) in [7, 11) is 0. The fraction of sp³-hybridized carbons (Fsp3) is 1.00. The third-order valence-electron chi connectivity index (χ3n) is 2.19. The molecule has 1 N–H and O–H groups in total. The molecule has 1 aliphatic heterocycles. The van der Waals surface area contributed by atoms with E-state index in [0.717, 1.165) is 0 Å². The van der Waals surface area contributed by atoms with Crippen LogP contribution in [-0.4, -0.2) is 16.5 Å². The summed E-state index contributed by atoms with van der Waals surface area (Å²) < 4.78 is 5.21. The Labute approximate surface area is 62.2 Å². The Kier molecular flexibility index (Phi) is 1.25. The standard InChI is InChI=1S/C8H16O2/c1-6(2,3)8(9)7(4,5)10-8/h9H,1-5H3/t8-/m1/s1. The number of hydrogen-bond acceptors (Lipinski definition) is 2. The quantitative estimate of drug-likeness (QED) is 0.523. The Morgan fingerprint density at radius 2 is 1.50 bits per heavy atom. The summed E-state index contributed by atoms with van der Waals surface area (Å²) in [6.45, 7) is 9.72. The smallest absolute Gasteiger partial charge is 0.200 e. The zero-order valence-corrected chi connectivity index (χ0v) is 7.36. The molecule has 0 aromatic heterocycles. The molecule has 0 radical (unpaired) electrons.